The predicted octanol–water partition coefficient (Wildman–Crippen LogP) is 3.58. The number of hydrogen-bond acceptors (Lipinski definition) is 3. The fourth-order valence-electron chi connectivity index (χ4n) is 1.83. The highest BCUT2D eigenvalue weighted by molar-refractivity contribution is 7.90. The number of carbonyl (C=O) groups excluding carboxylic acids is 1. The Morgan fingerprint density at radius 2 is 1.73 bits per heavy atom. The topological polar surface area (TPSA) is 63.2 Å². The lowest BCUT2D eigenvalue weighted by atomic mass is 10.1. The maximum Gasteiger partial charge on any atom is 0.228 e. The number of carbonyl (C=O) groups is 1. The van der Waals surface area contributed by atoms with Gasteiger partial charge in [0.25, 0.3) is 0 Å². The normalized spacial score (nSPS) is 11.2. The number of benzene rings is 2. The van der Waals surface area contributed by atoms with Crippen LogP contribution in [0.4, 0.5) is 5.69 Å². The highest BCUT2D eigenvalue weighted by Gasteiger charge is 2.10. The van der Waals surface area contributed by atoms with Gasteiger partial charge in [-0.25, -0.2) is 8.42 Å². The summed E-state index contributed by atoms with van der Waals surface area (Å²) in [5.74, 6) is -0.267. The predicted molar refractivity (Wildman–Crippen MR) is 88.3 cm³/mol. The Balaban J connectivity index is 2.08. The van der Waals surface area contributed by atoms with E-state index < -0.39 is 9.84 Å². The van der Waals surface area contributed by atoms with Crippen LogP contribution in [0, 0.1) is 0 Å². The van der Waals surface area contributed by atoms with Gasteiger partial charge in [-0.05, 0) is 29.8 Å². The van der Waals surface area contributed by atoms with Gasteiger partial charge in [-0.3, -0.25) is 4.79 Å². The van der Waals surface area contributed by atoms with Gasteiger partial charge in [-0.15, -0.1) is 0 Å². The first-order chi connectivity index (χ1) is 10.3. The molecule has 1 amide bonds. The molecular weight excluding hydrogens is 345 g/mol. The van der Waals surface area contributed by atoms with Gasteiger partial charge in [0.2, 0.25) is 5.91 Å². The summed E-state index contributed by atoms with van der Waals surface area (Å²) >= 11 is 11.9. The van der Waals surface area contributed by atoms with Gasteiger partial charge in [-0.2, -0.15) is 0 Å². The van der Waals surface area contributed by atoms with Crippen molar-refractivity contribution >= 4 is 44.6 Å². The van der Waals surface area contributed by atoms with Crippen molar-refractivity contribution in [2.75, 3.05) is 11.6 Å². The van der Waals surface area contributed by atoms with Crippen molar-refractivity contribution in [1.82, 2.24) is 0 Å². The second-order valence-electron chi connectivity index (χ2n) is 4.74. The van der Waals surface area contributed by atoms with E-state index in [4.69, 9.17) is 23.2 Å². The fourth-order valence-corrected chi connectivity index (χ4v) is 2.81. The van der Waals surface area contributed by atoms with Crippen molar-refractivity contribution in [2.24, 2.45) is 0 Å². The molecule has 22 heavy (non-hydrogen) atoms. The van der Waals surface area contributed by atoms with Gasteiger partial charge in [0.15, 0.2) is 9.84 Å². The molecule has 0 saturated carbocycles. The summed E-state index contributed by atoms with van der Waals surface area (Å²) in [5, 5.41) is 3.31. The summed E-state index contributed by atoms with van der Waals surface area (Å²) in [4.78, 5) is 12.2. The number of rotatable bonds is 4. The Hall–Kier alpha value is -1.56. The summed E-state index contributed by atoms with van der Waals surface area (Å²) in [6, 6.07) is 11.1. The molecule has 2 aromatic rings. The summed E-state index contributed by atoms with van der Waals surface area (Å²) in [7, 11) is -3.24. The average molecular weight is 358 g/mol. The largest absolute Gasteiger partial charge is 0.324 e. The van der Waals surface area contributed by atoms with E-state index in [9.17, 15) is 13.2 Å². The zero-order chi connectivity index (χ0) is 16.3. The summed E-state index contributed by atoms with van der Waals surface area (Å²) in [5.41, 5.74) is 1.13. The first-order valence-electron chi connectivity index (χ1n) is 6.30. The Labute approximate surface area is 139 Å². The minimum Gasteiger partial charge on any atom is -0.324 e. The molecule has 7 heteroatoms. The van der Waals surface area contributed by atoms with Crippen LogP contribution in [-0.4, -0.2) is 20.6 Å². The Morgan fingerprint density at radius 3 is 2.32 bits per heavy atom. The minimum atomic E-state index is -3.24. The smallest absolute Gasteiger partial charge is 0.228 e. The van der Waals surface area contributed by atoms with Crippen LogP contribution < -0.4 is 5.32 Å². The first kappa shape index (κ1) is 16.8. The summed E-state index contributed by atoms with van der Waals surface area (Å²) in [6.45, 7) is 0. The molecule has 0 bridgehead atoms. The van der Waals surface area contributed by atoms with Gasteiger partial charge in [-0.1, -0.05) is 41.4 Å². The van der Waals surface area contributed by atoms with Crippen LogP contribution >= 0.6 is 23.2 Å². The van der Waals surface area contributed by atoms with E-state index in [0.29, 0.717) is 16.3 Å². The molecule has 116 valence electrons. The van der Waals surface area contributed by atoms with E-state index >= 15 is 0 Å². The number of halogens is 2. The van der Waals surface area contributed by atoms with Crippen LogP contribution in [0.3, 0.4) is 0 Å². The molecule has 0 atom stereocenters. The lowest BCUT2D eigenvalue weighted by Gasteiger charge is -2.08. The maximum atomic E-state index is 12.0. The quantitative estimate of drug-likeness (QED) is 0.909. The molecule has 0 aliphatic rings. The third-order valence-corrected chi connectivity index (χ3v) is 4.89. The molecule has 4 nitrogen and oxygen atoms in total. The summed E-state index contributed by atoms with van der Waals surface area (Å²) < 4.78 is 22.7. The highest BCUT2D eigenvalue weighted by atomic mass is 35.5. The Bertz CT molecular complexity index is 802. The second kappa shape index (κ2) is 6.69. The van der Waals surface area contributed by atoms with Crippen molar-refractivity contribution in [3.05, 3.63) is 58.1 Å². The molecule has 1 N–H and O–H groups in total. The molecule has 2 aromatic carbocycles. The van der Waals surface area contributed by atoms with Crippen LogP contribution in [-0.2, 0) is 21.1 Å². The van der Waals surface area contributed by atoms with Crippen LogP contribution in [0.2, 0.25) is 10.0 Å². The van der Waals surface area contributed by atoms with Gasteiger partial charge in [0, 0.05) is 6.26 Å². The number of anilines is 1. The minimum absolute atomic E-state index is 0.104. The molecular formula is C15H13Cl2NO3S. The molecule has 0 aliphatic carbocycles. The third kappa shape index (κ3) is 4.22. The molecule has 0 saturated heterocycles. The van der Waals surface area contributed by atoms with Crippen molar-refractivity contribution in [2.45, 2.75) is 11.3 Å². The molecule has 0 aliphatic heterocycles. The molecule has 0 heterocycles. The number of hydrogen-bond donors (Lipinski definition) is 1. The standard InChI is InChI=1S/C15H13Cl2NO3S/c1-22(20,21)11-7-5-10(6-8-11)9-14(19)18-13-4-2-3-12(16)15(13)17/h2-8H,9H2,1H3,(H,18,19). The molecule has 0 fully saturated rings. The molecule has 0 aromatic heterocycles. The number of nitrogens with one attached hydrogen (secondary N) is 1. The van der Waals surface area contributed by atoms with Crippen LogP contribution in [0.1, 0.15) is 5.56 Å². The van der Waals surface area contributed by atoms with Crippen molar-refractivity contribution in [1.29, 1.82) is 0 Å². The zero-order valence-electron chi connectivity index (χ0n) is 11.6. The molecule has 2 rings (SSSR count). The van der Waals surface area contributed by atoms with Gasteiger partial charge in [0.05, 0.1) is 27.0 Å². The second-order valence-corrected chi connectivity index (χ2v) is 7.54. The molecule has 0 radical (unpaired) electrons. The fraction of sp³-hybridized carbons (Fsp3) is 0.133. The Kier molecular flexibility index (Phi) is 5.11. The van der Waals surface area contributed by atoms with E-state index in [-0.39, 0.29) is 22.2 Å². The summed E-state index contributed by atoms with van der Waals surface area (Å²) in [6.07, 6.45) is 1.24. The monoisotopic (exact) mass is 357 g/mol. The molecule has 0 spiro atoms. The lowest BCUT2D eigenvalue weighted by Crippen LogP contribution is -2.14. The van der Waals surface area contributed by atoms with E-state index in [1.807, 2.05) is 0 Å². The van der Waals surface area contributed by atoms with Gasteiger partial charge >= 0.3 is 0 Å². The first-order valence-corrected chi connectivity index (χ1v) is 8.95. The number of amides is 1. The van der Waals surface area contributed by atoms with Crippen LogP contribution in [0.15, 0.2) is 47.4 Å². The van der Waals surface area contributed by atoms with E-state index in [2.05, 4.69) is 5.32 Å². The average Bonchev–Trinajstić information content (AvgIpc) is 2.43. The van der Waals surface area contributed by atoms with E-state index in [1.54, 1.807) is 30.3 Å². The Morgan fingerprint density at radius 1 is 1.09 bits per heavy atom. The van der Waals surface area contributed by atoms with Crippen molar-refractivity contribution in [3.8, 4) is 0 Å². The van der Waals surface area contributed by atoms with Gasteiger partial charge < -0.3 is 5.32 Å². The lowest BCUT2D eigenvalue weighted by molar-refractivity contribution is -0.115. The van der Waals surface area contributed by atoms with Crippen molar-refractivity contribution in [3.63, 3.8) is 0 Å². The zero-order valence-corrected chi connectivity index (χ0v) is 14.0. The van der Waals surface area contributed by atoms with E-state index in [0.717, 1.165) is 6.26 Å². The van der Waals surface area contributed by atoms with Gasteiger partial charge in [0.1, 0.15) is 0 Å². The van der Waals surface area contributed by atoms with Crippen molar-refractivity contribution < 1.29 is 13.2 Å². The van der Waals surface area contributed by atoms with E-state index in [1.165, 1.54) is 12.1 Å². The number of sulfone groups is 1. The molecule has 0 unspecified atom stereocenters. The van der Waals surface area contributed by atoms with Crippen LogP contribution in [0.5, 0.6) is 0 Å². The SMILES string of the molecule is CS(=O)(=O)c1ccc(CC(=O)Nc2cccc(Cl)c2Cl)cc1. The highest BCUT2D eigenvalue weighted by Crippen LogP contribution is 2.29. The maximum absolute atomic E-state index is 12.0. The third-order valence-electron chi connectivity index (χ3n) is 2.94. The van der Waals surface area contributed by atoms with Crippen LogP contribution in [0.25, 0.3) is 0 Å².